The molecule has 1 aliphatic rings. The SMILES string of the molecule is c1ccc2c(c1)Cc1c-2ccc2ccc3cccnc3c12. The molecule has 0 saturated carbocycles. The zero-order valence-corrected chi connectivity index (χ0v) is 11.5. The van der Waals surface area contributed by atoms with Gasteiger partial charge in [0.25, 0.3) is 0 Å². The second-order valence-electron chi connectivity index (χ2n) is 5.66. The number of nitrogens with zero attached hydrogens (tertiary/aromatic N) is 1. The number of hydrogen-bond acceptors (Lipinski definition) is 1. The summed E-state index contributed by atoms with van der Waals surface area (Å²) in [5.41, 5.74) is 6.73. The molecule has 1 aliphatic carbocycles. The molecule has 0 fully saturated rings. The molecular formula is C20H13N. The van der Waals surface area contributed by atoms with Gasteiger partial charge in [0.2, 0.25) is 0 Å². The van der Waals surface area contributed by atoms with Crippen LogP contribution in [0.15, 0.2) is 66.9 Å². The van der Waals surface area contributed by atoms with Gasteiger partial charge in [-0.25, -0.2) is 0 Å². The van der Waals surface area contributed by atoms with Gasteiger partial charge in [-0.2, -0.15) is 0 Å². The highest BCUT2D eigenvalue weighted by Gasteiger charge is 2.21. The van der Waals surface area contributed by atoms with E-state index in [0.29, 0.717) is 0 Å². The summed E-state index contributed by atoms with van der Waals surface area (Å²) in [6.45, 7) is 0. The van der Waals surface area contributed by atoms with Gasteiger partial charge >= 0.3 is 0 Å². The molecule has 1 nitrogen and oxygen atoms in total. The highest BCUT2D eigenvalue weighted by molar-refractivity contribution is 6.10. The third kappa shape index (κ3) is 1.43. The first-order valence-electron chi connectivity index (χ1n) is 7.29. The third-order valence-electron chi connectivity index (χ3n) is 4.54. The zero-order chi connectivity index (χ0) is 13.8. The predicted octanol–water partition coefficient (Wildman–Crippen LogP) is 4.96. The van der Waals surface area contributed by atoms with Crippen LogP contribution in [-0.4, -0.2) is 4.98 Å². The Bertz CT molecular complexity index is 1010. The Morgan fingerprint density at radius 1 is 0.714 bits per heavy atom. The Morgan fingerprint density at radius 2 is 1.57 bits per heavy atom. The van der Waals surface area contributed by atoms with Gasteiger partial charge in [-0.05, 0) is 40.1 Å². The highest BCUT2D eigenvalue weighted by Crippen LogP contribution is 2.41. The molecule has 21 heavy (non-hydrogen) atoms. The van der Waals surface area contributed by atoms with Crippen molar-refractivity contribution in [2.45, 2.75) is 6.42 Å². The lowest BCUT2D eigenvalue weighted by Crippen LogP contribution is -1.88. The molecule has 0 amide bonds. The van der Waals surface area contributed by atoms with E-state index in [1.54, 1.807) is 0 Å². The van der Waals surface area contributed by atoms with Crippen LogP contribution in [0, 0.1) is 0 Å². The largest absolute Gasteiger partial charge is 0.256 e. The topological polar surface area (TPSA) is 12.9 Å². The van der Waals surface area contributed by atoms with Gasteiger partial charge in [0, 0.05) is 17.0 Å². The van der Waals surface area contributed by atoms with Crippen molar-refractivity contribution < 1.29 is 0 Å². The molecule has 0 N–H and O–H groups in total. The van der Waals surface area contributed by atoms with Gasteiger partial charge in [0.05, 0.1) is 5.52 Å². The second kappa shape index (κ2) is 3.92. The van der Waals surface area contributed by atoms with E-state index in [-0.39, 0.29) is 0 Å². The van der Waals surface area contributed by atoms with Gasteiger partial charge in [-0.15, -0.1) is 0 Å². The lowest BCUT2D eigenvalue weighted by molar-refractivity contribution is 1.28. The van der Waals surface area contributed by atoms with E-state index >= 15 is 0 Å². The summed E-state index contributed by atoms with van der Waals surface area (Å²) in [4.78, 5) is 4.65. The molecule has 0 aliphatic heterocycles. The van der Waals surface area contributed by atoms with Crippen LogP contribution in [-0.2, 0) is 6.42 Å². The summed E-state index contributed by atoms with van der Waals surface area (Å²) in [6.07, 6.45) is 2.90. The zero-order valence-electron chi connectivity index (χ0n) is 11.5. The quantitative estimate of drug-likeness (QED) is 0.361. The van der Waals surface area contributed by atoms with E-state index in [2.05, 4.69) is 59.6 Å². The molecule has 98 valence electrons. The molecule has 0 atom stereocenters. The molecule has 1 heteroatoms. The van der Waals surface area contributed by atoms with E-state index in [9.17, 15) is 0 Å². The molecule has 0 spiro atoms. The number of rotatable bonds is 0. The van der Waals surface area contributed by atoms with Crippen LogP contribution < -0.4 is 0 Å². The molecule has 0 unspecified atom stereocenters. The molecule has 0 bridgehead atoms. The average molecular weight is 267 g/mol. The Balaban J connectivity index is 1.97. The maximum Gasteiger partial charge on any atom is 0.0783 e. The first-order valence-corrected chi connectivity index (χ1v) is 7.29. The van der Waals surface area contributed by atoms with E-state index in [0.717, 1.165) is 11.9 Å². The number of fused-ring (bicyclic) bond motifs is 7. The normalized spacial score (nSPS) is 12.6. The summed E-state index contributed by atoms with van der Waals surface area (Å²) >= 11 is 0. The van der Waals surface area contributed by atoms with Crippen molar-refractivity contribution >= 4 is 21.7 Å². The first-order chi connectivity index (χ1) is 10.4. The van der Waals surface area contributed by atoms with E-state index in [1.807, 2.05) is 12.3 Å². The summed E-state index contributed by atoms with van der Waals surface area (Å²) in [5, 5.41) is 3.82. The van der Waals surface area contributed by atoms with E-state index in [4.69, 9.17) is 0 Å². The van der Waals surface area contributed by atoms with Crippen molar-refractivity contribution in [2.24, 2.45) is 0 Å². The minimum absolute atomic E-state index is 1.01. The van der Waals surface area contributed by atoms with Gasteiger partial charge in [-0.1, -0.05) is 54.6 Å². The van der Waals surface area contributed by atoms with Crippen LogP contribution in [0.5, 0.6) is 0 Å². The monoisotopic (exact) mass is 267 g/mol. The second-order valence-corrected chi connectivity index (χ2v) is 5.66. The van der Waals surface area contributed by atoms with Gasteiger partial charge in [0.15, 0.2) is 0 Å². The fraction of sp³-hybridized carbons (Fsp3) is 0.0500. The van der Waals surface area contributed by atoms with Gasteiger partial charge in [-0.3, -0.25) is 4.98 Å². The molecule has 4 aromatic rings. The smallest absolute Gasteiger partial charge is 0.0783 e. The molecule has 0 radical (unpaired) electrons. The number of benzene rings is 3. The molecule has 0 saturated heterocycles. The number of hydrogen-bond donors (Lipinski definition) is 0. The number of pyridine rings is 1. The highest BCUT2D eigenvalue weighted by atomic mass is 14.6. The molecule has 1 heterocycles. The van der Waals surface area contributed by atoms with E-state index in [1.165, 1.54) is 38.4 Å². The van der Waals surface area contributed by atoms with Crippen molar-refractivity contribution in [3.8, 4) is 11.1 Å². The van der Waals surface area contributed by atoms with Gasteiger partial charge < -0.3 is 0 Å². The summed E-state index contributed by atoms with van der Waals surface area (Å²) in [6, 6.07) is 21.7. The molecule has 3 aromatic carbocycles. The molecule has 5 rings (SSSR count). The fourth-order valence-corrected chi connectivity index (χ4v) is 3.59. The number of aromatic nitrogens is 1. The van der Waals surface area contributed by atoms with Crippen molar-refractivity contribution in [2.75, 3.05) is 0 Å². The minimum Gasteiger partial charge on any atom is -0.256 e. The van der Waals surface area contributed by atoms with Crippen molar-refractivity contribution in [3.05, 3.63) is 78.0 Å². The Labute approximate surface area is 122 Å². The van der Waals surface area contributed by atoms with Crippen LogP contribution in [0.3, 0.4) is 0 Å². The molecular weight excluding hydrogens is 254 g/mol. The average Bonchev–Trinajstić information content (AvgIpc) is 2.93. The lowest BCUT2D eigenvalue weighted by Gasteiger charge is -2.08. The minimum atomic E-state index is 1.01. The van der Waals surface area contributed by atoms with Crippen molar-refractivity contribution in [1.29, 1.82) is 0 Å². The Morgan fingerprint density at radius 3 is 2.57 bits per heavy atom. The standard InChI is InChI=1S/C20H13N/c1-2-6-16-15(4-1)12-18-17(16)10-9-13-7-8-14-5-3-11-21-20(14)19(13)18/h1-11H,12H2. The summed E-state index contributed by atoms with van der Waals surface area (Å²) in [7, 11) is 0. The van der Waals surface area contributed by atoms with Crippen LogP contribution >= 0.6 is 0 Å². The van der Waals surface area contributed by atoms with Crippen molar-refractivity contribution in [3.63, 3.8) is 0 Å². The van der Waals surface area contributed by atoms with Crippen LogP contribution in [0.2, 0.25) is 0 Å². The first kappa shape index (κ1) is 11.0. The third-order valence-corrected chi connectivity index (χ3v) is 4.54. The lowest BCUT2D eigenvalue weighted by atomic mass is 9.97. The maximum atomic E-state index is 4.65. The maximum absolute atomic E-state index is 4.65. The summed E-state index contributed by atoms with van der Waals surface area (Å²) in [5.74, 6) is 0. The van der Waals surface area contributed by atoms with Crippen LogP contribution in [0.1, 0.15) is 11.1 Å². The Kier molecular flexibility index (Phi) is 2.06. The van der Waals surface area contributed by atoms with Crippen molar-refractivity contribution in [1.82, 2.24) is 4.98 Å². The van der Waals surface area contributed by atoms with Gasteiger partial charge in [0.1, 0.15) is 0 Å². The fourth-order valence-electron chi connectivity index (χ4n) is 3.59. The van der Waals surface area contributed by atoms with Crippen LogP contribution in [0.4, 0.5) is 0 Å². The predicted molar refractivity (Wildman–Crippen MR) is 87.5 cm³/mol. The van der Waals surface area contributed by atoms with Crippen LogP contribution in [0.25, 0.3) is 32.8 Å². The van der Waals surface area contributed by atoms with E-state index < -0.39 is 0 Å². The Hall–Kier alpha value is -2.67. The molecule has 1 aromatic heterocycles. The summed E-state index contributed by atoms with van der Waals surface area (Å²) < 4.78 is 0.